The molecule has 11 heteroatoms. The molecule has 43 heavy (non-hydrogen) atoms. The van der Waals surface area contributed by atoms with Crippen LogP contribution in [0.5, 0.6) is 0 Å². The van der Waals surface area contributed by atoms with Gasteiger partial charge in [0.2, 0.25) is 0 Å². The lowest BCUT2D eigenvalue weighted by Gasteiger charge is -2.45. The molecule has 0 aromatic rings. The molecule has 0 aromatic carbocycles. The van der Waals surface area contributed by atoms with E-state index in [4.69, 9.17) is 18.9 Å². The van der Waals surface area contributed by atoms with Gasteiger partial charge in [0, 0.05) is 6.61 Å². The molecule has 11 nitrogen and oxygen atoms in total. The van der Waals surface area contributed by atoms with Crippen LogP contribution in [0, 0.1) is 0 Å². The third-order valence-electron chi connectivity index (χ3n) is 8.72. The Hall–Kier alpha value is -0.440. The number of hydrogen-bond acceptors (Lipinski definition) is 11. The van der Waals surface area contributed by atoms with Gasteiger partial charge < -0.3 is 54.7 Å². The number of aliphatic hydroxyl groups excluding tert-OH is 7. The van der Waals surface area contributed by atoms with Crippen molar-refractivity contribution in [2.45, 2.75) is 184 Å². The van der Waals surface area contributed by atoms with E-state index in [1.165, 1.54) is 96.3 Å². The van der Waals surface area contributed by atoms with E-state index >= 15 is 0 Å². The van der Waals surface area contributed by atoms with Crippen molar-refractivity contribution < 1.29 is 54.7 Å². The van der Waals surface area contributed by atoms with Crippen LogP contribution in [0.25, 0.3) is 0 Å². The zero-order chi connectivity index (χ0) is 31.5. The molecule has 2 saturated heterocycles. The van der Waals surface area contributed by atoms with Crippen molar-refractivity contribution in [2.75, 3.05) is 19.8 Å². The standard InChI is InChI=1S/C32H62O11/c1-2-3-4-5-6-7-8-9-10-11-12-13-14-15-16-17-18-19-20-40-22-24-25(34)26(35)29(38)32(42-24)43-30-23(21-33)41-31(39)28(37)27(30)36/h23-39H,2-22H2,1H3/t23-,24-,25+,26+,27-,28-,29-,30-,31+,32+/m1/s1. The highest BCUT2D eigenvalue weighted by Gasteiger charge is 2.50. The molecule has 7 N–H and O–H groups in total. The largest absolute Gasteiger partial charge is 0.394 e. The fraction of sp³-hybridized carbons (Fsp3) is 1.00. The average Bonchev–Trinajstić information content (AvgIpc) is 3.00. The van der Waals surface area contributed by atoms with Gasteiger partial charge in [-0.3, -0.25) is 0 Å². The summed E-state index contributed by atoms with van der Waals surface area (Å²) < 4.78 is 21.9. The first-order valence-electron chi connectivity index (χ1n) is 17.0. The highest BCUT2D eigenvalue weighted by Crippen LogP contribution is 2.29. The minimum Gasteiger partial charge on any atom is -0.394 e. The molecule has 256 valence electrons. The number of aliphatic hydroxyl groups is 7. The van der Waals surface area contributed by atoms with Crippen LogP contribution in [0.2, 0.25) is 0 Å². The summed E-state index contributed by atoms with van der Waals surface area (Å²) in [5.74, 6) is 0. The summed E-state index contributed by atoms with van der Waals surface area (Å²) in [6, 6.07) is 0. The minimum atomic E-state index is -1.73. The van der Waals surface area contributed by atoms with Gasteiger partial charge in [-0.2, -0.15) is 0 Å². The van der Waals surface area contributed by atoms with Crippen molar-refractivity contribution in [1.82, 2.24) is 0 Å². The van der Waals surface area contributed by atoms with Crippen LogP contribution in [-0.2, 0) is 18.9 Å². The van der Waals surface area contributed by atoms with Crippen LogP contribution >= 0.6 is 0 Å². The molecule has 2 rings (SSSR count). The van der Waals surface area contributed by atoms with E-state index in [0.717, 1.165) is 19.3 Å². The van der Waals surface area contributed by atoms with Crippen LogP contribution < -0.4 is 0 Å². The lowest BCUT2D eigenvalue weighted by Crippen LogP contribution is -2.64. The smallest absolute Gasteiger partial charge is 0.187 e. The molecular formula is C32H62O11. The lowest BCUT2D eigenvalue weighted by molar-refractivity contribution is -0.355. The first-order valence-corrected chi connectivity index (χ1v) is 17.0. The predicted molar refractivity (Wildman–Crippen MR) is 161 cm³/mol. The molecular weight excluding hydrogens is 560 g/mol. The van der Waals surface area contributed by atoms with E-state index in [1.807, 2.05) is 0 Å². The summed E-state index contributed by atoms with van der Waals surface area (Å²) in [7, 11) is 0. The van der Waals surface area contributed by atoms with E-state index in [2.05, 4.69) is 6.92 Å². The molecule has 0 radical (unpaired) electrons. The van der Waals surface area contributed by atoms with E-state index in [1.54, 1.807) is 0 Å². The van der Waals surface area contributed by atoms with Gasteiger partial charge in [-0.15, -0.1) is 0 Å². The summed E-state index contributed by atoms with van der Waals surface area (Å²) in [6.07, 6.45) is 8.45. The van der Waals surface area contributed by atoms with E-state index in [-0.39, 0.29) is 6.61 Å². The van der Waals surface area contributed by atoms with Crippen molar-refractivity contribution in [3.63, 3.8) is 0 Å². The Morgan fingerprint density at radius 1 is 0.512 bits per heavy atom. The molecule has 0 unspecified atom stereocenters. The molecule has 2 heterocycles. The zero-order valence-corrected chi connectivity index (χ0v) is 26.4. The van der Waals surface area contributed by atoms with Gasteiger partial charge in [0.1, 0.15) is 48.8 Å². The van der Waals surface area contributed by atoms with Gasteiger partial charge in [-0.05, 0) is 6.42 Å². The van der Waals surface area contributed by atoms with Crippen LogP contribution in [0.3, 0.4) is 0 Å². The molecule has 0 saturated carbocycles. The number of unbranched alkanes of at least 4 members (excludes halogenated alkanes) is 17. The molecule has 2 aliphatic rings. The fourth-order valence-corrected chi connectivity index (χ4v) is 5.86. The summed E-state index contributed by atoms with van der Waals surface area (Å²) in [5, 5.41) is 70.4. The third-order valence-corrected chi connectivity index (χ3v) is 8.72. The number of hydrogen-bond donors (Lipinski definition) is 7. The van der Waals surface area contributed by atoms with Crippen molar-refractivity contribution >= 4 is 0 Å². The minimum absolute atomic E-state index is 0.0434. The fourth-order valence-electron chi connectivity index (χ4n) is 5.86. The normalized spacial score (nSPS) is 33.2. The Bertz CT molecular complexity index is 669. The second kappa shape index (κ2) is 23.0. The zero-order valence-electron chi connectivity index (χ0n) is 26.4. The summed E-state index contributed by atoms with van der Waals surface area (Å²) in [4.78, 5) is 0. The lowest BCUT2D eigenvalue weighted by atomic mass is 9.97. The van der Waals surface area contributed by atoms with Crippen LogP contribution in [-0.4, -0.2) is 117 Å². The Balaban J connectivity index is 1.50. The van der Waals surface area contributed by atoms with E-state index < -0.39 is 68.0 Å². The Morgan fingerprint density at radius 2 is 1.00 bits per heavy atom. The van der Waals surface area contributed by atoms with Crippen molar-refractivity contribution in [1.29, 1.82) is 0 Å². The Kier molecular flexibility index (Phi) is 20.7. The molecule has 0 aromatic heterocycles. The quantitative estimate of drug-likeness (QED) is 0.0787. The first-order chi connectivity index (χ1) is 20.8. The molecule has 0 bridgehead atoms. The molecule has 0 aliphatic carbocycles. The van der Waals surface area contributed by atoms with Gasteiger partial charge in [-0.1, -0.05) is 116 Å². The maximum atomic E-state index is 10.4. The molecule has 0 amide bonds. The van der Waals surface area contributed by atoms with Crippen LogP contribution in [0.4, 0.5) is 0 Å². The monoisotopic (exact) mass is 622 g/mol. The summed E-state index contributed by atoms with van der Waals surface area (Å²) >= 11 is 0. The number of ether oxygens (including phenoxy) is 4. The molecule has 10 atom stereocenters. The van der Waals surface area contributed by atoms with Crippen LogP contribution in [0.15, 0.2) is 0 Å². The van der Waals surface area contributed by atoms with Crippen LogP contribution in [0.1, 0.15) is 122 Å². The molecule has 2 aliphatic heterocycles. The van der Waals surface area contributed by atoms with Gasteiger partial charge >= 0.3 is 0 Å². The van der Waals surface area contributed by atoms with Gasteiger partial charge in [0.15, 0.2) is 12.6 Å². The third kappa shape index (κ3) is 14.2. The van der Waals surface area contributed by atoms with E-state index in [9.17, 15) is 35.7 Å². The Labute approximate surface area is 258 Å². The molecule has 2 fully saturated rings. The topological polar surface area (TPSA) is 179 Å². The maximum Gasteiger partial charge on any atom is 0.187 e. The average molecular weight is 623 g/mol. The highest BCUT2D eigenvalue weighted by atomic mass is 16.7. The van der Waals surface area contributed by atoms with Crippen molar-refractivity contribution in [2.24, 2.45) is 0 Å². The second-order valence-corrected chi connectivity index (χ2v) is 12.4. The van der Waals surface area contributed by atoms with Gasteiger partial charge in [-0.25, -0.2) is 0 Å². The first kappa shape index (κ1) is 38.7. The maximum absolute atomic E-state index is 10.4. The summed E-state index contributed by atoms with van der Waals surface area (Å²) in [6.45, 7) is 2.03. The Morgan fingerprint density at radius 3 is 1.49 bits per heavy atom. The predicted octanol–water partition coefficient (Wildman–Crippen LogP) is 2.67. The van der Waals surface area contributed by atoms with Gasteiger partial charge in [0.05, 0.1) is 13.2 Å². The van der Waals surface area contributed by atoms with Crippen molar-refractivity contribution in [3.05, 3.63) is 0 Å². The van der Waals surface area contributed by atoms with E-state index in [0.29, 0.717) is 6.61 Å². The SMILES string of the molecule is CCCCCCCCCCCCCCCCCCCCOC[C@H]1O[C@@H](O[C@H]2[C@H](O)[C@@H](O)[C@@H](O)O[C@@H]2CO)[C@H](O)[C@@H](O)[C@H]1O. The second-order valence-electron chi connectivity index (χ2n) is 12.4. The highest BCUT2D eigenvalue weighted by molar-refractivity contribution is 4.93. The van der Waals surface area contributed by atoms with Crippen molar-refractivity contribution in [3.8, 4) is 0 Å². The van der Waals surface area contributed by atoms with Gasteiger partial charge in [0.25, 0.3) is 0 Å². The molecule has 0 spiro atoms. The summed E-state index contributed by atoms with van der Waals surface area (Å²) in [5.41, 5.74) is 0. The number of rotatable bonds is 24.